The van der Waals surface area contributed by atoms with Gasteiger partial charge in [0, 0.05) is 51.4 Å². The highest BCUT2D eigenvalue weighted by atomic mass is 32.2. The first-order valence-electron chi connectivity index (χ1n) is 10.0. The van der Waals surface area contributed by atoms with E-state index in [2.05, 4.69) is 24.1 Å². The Morgan fingerprint density at radius 3 is 2.43 bits per heavy atom. The molecule has 2 aliphatic rings. The first kappa shape index (κ1) is 21.0. The normalized spacial score (nSPS) is 24.4. The van der Waals surface area contributed by atoms with Crippen molar-refractivity contribution < 1.29 is 13.3 Å². The average molecular weight is 411 g/mol. The predicted molar refractivity (Wildman–Crippen MR) is 109 cm³/mol. The van der Waals surface area contributed by atoms with Gasteiger partial charge in [0.1, 0.15) is 4.90 Å². The molecule has 8 nitrogen and oxygen atoms in total. The van der Waals surface area contributed by atoms with E-state index in [1.165, 1.54) is 28.9 Å². The fourth-order valence-corrected chi connectivity index (χ4v) is 6.08. The predicted octanol–water partition coefficient (Wildman–Crippen LogP) is 2.77. The summed E-state index contributed by atoms with van der Waals surface area (Å²) in [7, 11) is -3.75. The molecule has 2 unspecified atom stereocenters. The van der Waals surface area contributed by atoms with Crippen molar-refractivity contribution in [2.45, 2.75) is 38.0 Å². The molecule has 1 N–H and O–H groups in total. The van der Waals surface area contributed by atoms with E-state index in [-0.39, 0.29) is 10.6 Å². The molecule has 2 fully saturated rings. The highest BCUT2D eigenvalue weighted by Gasteiger charge is 2.31. The van der Waals surface area contributed by atoms with Crippen molar-refractivity contribution in [2.75, 3.05) is 44.6 Å². The molecule has 0 spiro atoms. The molecule has 0 bridgehead atoms. The van der Waals surface area contributed by atoms with Crippen LogP contribution in [-0.4, -0.2) is 61.8 Å². The van der Waals surface area contributed by atoms with Gasteiger partial charge in [-0.1, -0.05) is 13.8 Å². The van der Waals surface area contributed by atoms with Gasteiger partial charge in [0.05, 0.1) is 10.6 Å². The molecule has 2 saturated heterocycles. The number of piperidine rings is 1. The molecule has 9 heteroatoms. The van der Waals surface area contributed by atoms with Crippen LogP contribution in [0.3, 0.4) is 0 Å². The molecule has 1 aromatic carbocycles. The molecule has 0 aliphatic carbocycles. The quantitative estimate of drug-likeness (QED) is 0.548. The van der Waals surface area contributed by atoms with E-state index in [1.807, 2.05) is 0 Å². The van der Waals surface area contributed by atoms with Gasteiger partial charge in [-0.3, -0.25) is 10.1 Å². The van der Waals surface area contributed by atoms with Crippen molar-refractivity contribution in [1.82, 2.24) is 9.21 Å². The summed E-state index contributed by atoms with van der Waals surface area (Å²) in [6.45, 7) is 8.95. The third kappa shape index (κ3) is 4.82. The van der Waals surface area contributed by atoms with Crippen molar-refractivity contribution in [1.29, 1.82) is 0 Å². The van der Waals surface area contributed by atoms with Crippen LogP contribution < -0.4 is 5.32 Å². The van der Waals surface area contributed by atoms with Gasteiger partial charge in [0.15, 0.2) is 0 Å². The van der Waals surface area contributed by atoms with Crippen LogP contribution in [-0.2, 0) is 10.0 Å². The lowest BCUT2D eigenvalue weighted by Crippen LogP contribution is -2.41. The Bertz CT molecular complexity index is 798. The first-order chi connectivity index (χ1) is 13.3. The molecule has 2 heterocycles. The Kier molecular flexibility index (Phi) is 6.57. The number of nitrogens with one attached hydrogen (secondary N) is 1. The number of nitro benzene ring substituents is 1. The zero-order chi connectivity index (χ0) is 20.3. The van der Waals surface area contributed by atoms with Crippen LogP contribution in [0.15, 0.2) is 23.1 Å². The van der Waals surface area contributed by atoms with Crippen LogP contribution in [0, 0.1) is 22.0 Å². The zero-order valence-corrected chi connectivity index (χ0v) is 17.5. The number of likely N-dealkylation sites (tertiary alicyclic amines) is 1. The molecule has 156 valence electrons. The number of nitrogens with zero attached hydrogens (tertiary/aromatic N) is 3. The number of nitro groups is 1. The van der Waals surface area contributed by atoms with Gasteiger partial charge < -0.3 is 10.2 Å². The lowest BCUT2D eigenvalue weighted by molar-refractivity contribution is -0.385. The van der Waals surface area contributed by atoms with Gasteiger partial charge in [-0.2, -0.15) is 4.31 Å². The van der Waals surface area contributed by atoms with E-state index in [9.17, 15) is 18.5 Å². The first-order valence-corrected chi connectivity index (χ1v) is 11.5. The second-order valence-corrected chi connectivity index (χ2v) is 10.1. The molecule has 28 heavy (non-hydrogen) atoms. The van der Waals surface area contributed by atoms with Crippen LogP contribution in [0.5, 0.6) is 0 Å². The summed E-state index contributed by atoms with van der Waals surface area (Å²) in [5.41, 5.74) is 0.234. The van der Waals surface area contributed by atoms with E-state index < -0.39 is 14.9 Å². The maximum Gasteiger partial charge on any atom is 0.270 e. The van der Waals surface area contributed by atoms with Crippen LogP contribution >= 0.6 is 0 Å². The van der Waals surface area contributed by atoms with E-state index in [1.54, 1.807) is 0 Å². The van der Waals surface area contributed by atoms with Crippen LogP contribution in [0.25, 0.3) is 0 Å². The van der Waals surface area contributed by atoms with Crippen LogP contribution in [0.4, 0.5) is 11.4 Å². The molecule has 2 atom stereocenters. The minimum absolute atomic E-state index is 0.00369. The number of sulfonamides is 1. The lowest BCUT2D eigenvalue weighted by Gasteiger charge is -2.35. The molecular weight excluding hydrogens is 380 g/mol. The second kappa shape index (κ2) is 8.75. The Morgan fingerprint density at radius 2 is 1.82 bits per heavy atom. The summed E-state index contributed by atoms with van der Waals surface area (Å²) >= 11 is 0. The fourth-order valence-electron chi connectivity index (χ4n) is 4.37. The summed E-state index contributed by atoms with van der Waals surface area (Å²) in [5, 5.41) is 14.4. The van der Waals surface area contributed by atoms with E-state index in [0.29, 0.717) is 37.2 Å². The van der Waals surface area contributed by atoms with Crippen molar-refractivity contribution in [2.24, 2.45) is 11.8 Å². The molecule has 1 aromatic rings. The molecule has 0 radical (unpaired) electrons. The molecule has 0 amide bonds. The Balaban J connectivity index is 1.75. The zero-order valence-electron chi connectivity index (χ0n) is 16.6. The average Bonchev–Trinajstić information content (AvgIpc) is 3.16. The molecule has 0 aromatic heterocycles. The number of anilines is 1. The smallest absolute Gasteiger partial charge is 0.270 e. The summed E-state index contributed by atoms with van der Waals surface area (Å²) in [6, 6.07) is 4.06. The number of hydrogen-bond donors (Lipinski definition) is 1. The van der Waals surface area contributed by atoms with Crippen LogP contribution in [0.1, 0.15) is 33.1 Å². The number of benzene rings is 1. The third-order valence-electron chi connectivity index (χ3n) is 5.55. The van der Waals surface area contributed by atoms with E-state index >= 15 is 0 Å². The number of rotatable bonds is 7. The van der Waals surface area contributed by atoms with Gasteiger partial charge in [-0.25, -0.2) is 8.42 Å². The SMILES string of the molecule is CC1CC(C)CN(CCNc2ccc([N+](=O)[O-])cc2S(=O)(=O)N2CCCC2)C1. The standard InChI is InChI=1S/C19H30N4O4S/c1-15-11-16(2)14-21(13-15)10-7-20-18-6-5-17(23(24)25)12-19(18)28(26,27)22-8-3-4-9-22/h5-6,12,15-16,20H,3-4,7-11,13-14H2,1-2H3. The monoisotopic (exact) mass is 410 g/mol. The van der Waals surface area contributed by atoms with Gasteiger partial charge in [-0.05, 0) is 37.2 Å². The van der Waals surface area contributed by atoms with E-state index in [0.717, 1.165) is 32.5 Å². The fraction of sp³-hybridized carbons (Fsp3) is 0.684. The second-order valence-electron chi connectivity index (χ2n) is 8.18. The minimum atomic E-state index is -3.75. The number of non-ortho nitro benzene ring substituents is 1. The summed E-state index contributed by atoms with van der Waals surface area (Å²) in [6.07, 6.45) is 2.88. The largest absolute Gasteiger partial charge is 0.383 e. The summed E-state index contributed by atoms with van der Waals surface area (Å²) < 4.78 is 27.5. The molecule has 3 rings (SSSR count). The lowest BCUT2D eigenvalue weighted by atomic mass is 9.92. The van der Waals surface area contributed by atoms with Crippen molar-refractivity contribution in [3.05, 3.63) is 28.3 Å². The maximum absolute atomic E-state index is 13.0. The van der Waals surface area contributed by atoms with Gasteiger partial charge >= 0.3 is 0 Å². The highest BCUT2D eigenvalue weighted by molar-refractivity contribution is 7.89. The summed E-state index contributed by atoms with van der Waals surface area (Å²) in [5.74, 6) is 1.32. The molecule has 2 aliphatic heterocycles. The van der Waals surface area contributed by atoms with Gasteiger partial charge in [-0.15, -0.1) is 0 Å². The molecular formula is C19H30N4O4S. The van der Waals surface area contributed by atoms with Crippen molar-refractivity contribution in [3.8, 4) is 0 Å². The topological polar surface area (TPSA) is 95.8 Å². The van der Waals surface area contributed by atoms with Crippen molar-refractivity contribution in [3.63, 3.8) is 0 Å². The van der Waals surface area contributed by atoms with Crippen LogP contribution in [0.2, 0.25) is 0 Å². The highest BCUT2D eigenvalue weighted by Crippen LogP contribution is 2.30. The minimum Gasteiger partial charge on any atom is -0.383 e. The summed E-state index contributed by atoms with van der Waals surface area (Å²) in [4.78, 5) is 13.0. The molecule has 0 saturated carbocycles. The van der Waals surface area contributed by atoms with Gasteiger partial charge in [0.25, 0.3) is 5.69 Å². The van der Waals surface area contributed by atoms with Crippen molar-refractivity contribution >= 4 is 21.4 Å². The Hall–Kier alpha value is -1.71. The Labute approximate surface area is 167 Å². The Morgan fingerprint density at radius 1 is 1.18 bits per heavy atom. The van der Waals surface area contributed by atoms with Gasteiger partial charge in [0.2, 0.25) is 10.0 Å². The van der Waals surface area contributed by atoms with E-state index in [4.69, 9.17) is 0 Å². The maximum atomic E-state index is 13.0. The third-order valence-corrected chi connectivity index (χ3v) is 7.49. The number of hydrogen-bond acceptors (Lipinski definition) is 6.